The third-order valence-corrected chi connectivity index (χ3v) is 3.20. The molecule has 0 saturated carbocycles. The minimum Gasteiger partial charge on any atom is -0.480 e. The summed E-state index contributed by atoms with van der Waals surface area (Å²) in [6, 6.07) is 2.38. The second-order valence-corrected chi connectivity index (χ2v) is 4.64. The molecule has 2 rings (SSSR count). The van der Waals surface area contributed by atoms with Crippen molar-refractivity contribution >= 4 is 17.6 Å². The molecule has 108 valence electrons. The zero-order chi connectivity index (χ0) is 14.7. The summed E-state index contributed by atoms with van der Waals surface area (Å²) in [6.45, 7) is 0.443. The van der Waals surface area contributed by atoms with Crippen molar-refractivity contribution < 1.29 is 23.5 Å². The molecule has 0 unspecified atom stereocenters. The number of rotatable bonds is 4. The molecule has 20 heavy (non-hydrogen) atoms. The molecule has 0 radical (unpaired) electrons. The van der Waals surface area contributed by atoms with Gasteiger partial charge >= 0.3 is 5.97 Å². The standard InChI is InChI=1S/C13H14F2N2O3/c14-9-4-3-8(6-10(9)15)16-12(18)7-17-5-1-2-11(17)13(19)20/h3-4,6,11H,1-2,5,7H2,(H,16,18)(H,19,20)/t11-/m0/s1. The maximum Gasteiger partial charge on any atom is 0.320 e. The molecule has 0 spiro atoms. The lowest BCUT2D eigenvalue weighted by molar-refractivity contribution is -0.142. The highest BCUT2D eigenvalue weighted by atomic mass is 19.2. The molecule has 1 atom stereocenters. The van der Waals surface area contributed by atoms with Crippen molar-refractivity contribution in [2.45, 2.75) is 18.9 Å². The van der Waals surface area contributed by atoms with Gasteiger partial charge in [-0.15, -0.1) is 0 Å². The number of carboxylic acid groups (broad SMARTS) is 1. The van der Waals surface area contributed by atoms with Gasteiger partial charge in [0, 0.05) is 11.8 Å². The fourth-order valence-corrected chi connectivity index (χ4v) is 2.25. The van der Waals surface area contributed by atoms with E-state index >= 15 is 0 Å². The Morgan fingerprint density at radius 2 is 2.10 bits per heavy atom. The van der Waals surface area contributed by atoms with Gasteiger partial charge in [0.15, 0.2) is 11.6 Å². The van der Waals surface area contributed by atoms with Gasteiger partial charge in [0.05, 0.1) is 6.54 Å². The molecule has 2 N–H and O–H groups in total. The van der Waals surface area contributed by atoms with E-state index in [0.29, 0.717) is 13.0 Å². The quantitative estimate of drug-likeness (QED) is 0.878. The number of amides is 1. The Kier molecular flexibility index (Phi) is 4.29. The molecule has 1 amide bonds. The fraction of sp³-hybridized carbons (Fsp3) is 0.385. The zero-order valence-electron chi connectivity index (χ0n) is 10.6. The number of aliphatic carboxylic acids is 1. The van der Waals surface area contributed by atoms with E-state index in [1.165, 1.54) is 6.07 Å². The lowest BCUT2D eigenvalue weighted by atomic mass is 10.2. The summed E-state index contributed by atoms with van der Waals surface area (Å²) in [5.74, 6) is -3.45. The van der Waals surface area contributed by atoms with Crippen LogP contribution in [-0.4, -0.2) is 41.0 Å². The number of carbonyl (C=O) groups excluding carboxylic acids is 1. The van der Waals surface area contributed by atoms with E-state index in [0.717, 1.165) is 18.6 Å². The largest absolute Gasteiger partial charge is 0.480 e. The molecule has 1 aromatic carbocycles. The number of hydrogen-bond donors (Lipinski definition) is 2. The topological polar surface area (TPSA) is 69.6 Å². The van der Waals surface area contributed by atoms with Gasteiger partial charge in [-0.1, -0.05) is 0 Å². The molecular formula is C13H14F2N2O3. The van der Waals surface area contributed by atoms with E-state index in [4.69, 9.17) is 5.11 Å². The second kappa shape index (κ2) is 5.96. The smallest absolute Gasteiger partial charge is 0.320 e. The number of hydrogen-bond acceptors (Lipinski definition) is 3. The highest BCUT2D eigenvalue weighted by Gasteiger charge is 2.31. The van der Waals surface area contributed by atoms with Crippen molar-refractivity contribution in [1.82, 2.24) is 4.90 Å². The third kappa shape index (κ3) is 3.30. The average molecular weight is 284 g/mol. The molecule has 1 saturated heterocycles. The van der Waals surface area contributed by atoms with Gasteiger partial charge in [0.25, 0.3) is 0 Å². The molecule has 1 aliphatic rings. The van der Waals surface area contributed by atoms with Crippen LogP contribution in [0.4, 0.5) is 14.5 Å². The van der Waals surface area contributed by atoms with Crippen molar-refractivity contribution in [3.8, 4) is 0 Å². The molecule has 0 aromatic heterocycles. The highest BCUT2D eigenvalue weighted by Crippen LogP contribution is 2.18. The summed E-state index contributed by atoms with van der Waals surface area (Å²) in [7, 11) is 0. The Balaban J connectivity index is 1.95. The summed E-state index contributed by atoms with van der Waals surface area (Å²) in [4.78, 5) is 24.3. The van der Waals surface area contributed by atoms with E-state index in [2.05, 4.69) is 5.32 Å². The fourth-order valence-electron chi connectivity index (χ4n) is 2.25. The average Bonchev–Trinajstić information content (AvgIpc) is 2.82. The lowest BCUT2D eigenvalue weighted by Gasteiger charge is -2.20. The minimum atomic E-state index is -1.05. The van der Waals surface area contributed by atoms with Crippen LogP contribution in [0.2, 0.25) is 0 Å². The molecule has 1 heterocycles. The summed E-state index contributed by atoms with van der Waals surface area (Å²) < 4.78 is 25.7. The van der Waals surface area contributed by atoms with Crippen molar-refractivity contribution in [2.24, 2.45) is 0 Å². The van der Waals surface area contributed by atoms with Crippen LogP contribution < -0.4 is 5.32 Å². The monoisotopic (exact) mass is 284 g/mol. The predicted octanol–water partition coefficient (Wildman–Crippen LogP) is 1.45. The van der Waals surface area contributed by atoms with Crippen molar-refractivity contribution in [3.05, 3.63) is 29.8 Å². The van der Waals surface area contributed by atoms with Gasteiger partial charge in [0.1, 0.15) is 6.04 Å². The van der Waals surface area contributed by atoms with Gasteiger partial charge in [0.2, 0.25) is 5.91 Å². The normalized spacial score (nSPS) is 19.0. The Morgan fingerprint density at radius 3 is 2.75 bits per heavy atom. The molecule has 0 bridgehead atoms. The van der Waals surface area contributed by atoms with E-state index in [9.17, 15) is 18.4 Å². The first-order valence-corrected chi connectivity index (χ1v) is 6.19. The molecule has 1 aliphatic heterocycles. The molecular weight excluding hydrogens is 270 g/mol. The summed E-state index contributed by atoms with van der Waals surface area (Å²) in [5.41, 5.74) is 0.139. The van der Waals surface area contributed by atoms with Gasteiger partial charge in [-0.25, -0.2) is 8.78 Å². The summed E-state index contributed by atoms with van der Waals surface area (Å²) in [6.07, 6.45) is 1.23. The SMILES string of the molecule is O=C(CN1CCC[C@H]1C(=O)O)Nc1ccc(F)c(F)c1. The molecule has 1 aromatic rings. The first kappa shape index (κ1) is 14.4. The Labute approximate surface area is 114 Å². The minimum absolute atomic E-state index is 0.0873. The predicted molar refractivity (Wildman–Crippen MR) is 67.2 cm³/mol. The first-order valence-electron chi connectivity index (χ1n) is 6.19. The van der Waals surface area contributed by atoms with Crippen LogP contribution in [-0.2, 0) is 9.59 Å². The first-order chi connectivity index (χ1) is 9.47. The van der Waals surface area contributed by atoms with Crippen molar-refractivity contribution in [2.75, 3.05) is 18.4 Å². The number of anilines is 1. The van der Waals surface area contributed by atoms with Crippen LogP contribution in [0, 0.1) is 11.6 Å². The Morgan fingerprint density at radius 1 is 1.35 bits per heavy atom. The van der Waals surface area contributed by atoms with E-state index in [1.54, 1.807) is 4.90 Å². The molecule has 5 nitrogen and oxygen atoms in total. The van der Waals surface area contributed by atoms with Crippen LogP contribution in [0.25, 0.3) is 0 Å². The number of halogens is 2. The third-order valence-electron chi connectivity index (χ3n) is 3.20. The van der Waals surface area contributed by atoms with Crippen LogP contribution in [0.15, 0.2) is 18.2 Å². The second-order valence-electron chi connectivity index (χ2n) is 4.64. The summed E-state index contributed by atoms with van der Waals surface area (Å²) in [5, 5.41) is 11.4. The van der Waals surface area contributed by atoms with Crippen LogP contribution in [0.3, 0.4) is 0 Å². The number of benzene rings is 1. The number of likely N-dealkylation sites (tertiary alicyclic amines) is 1. The van der Waals surface area contributed by atoms with Crippen molar-refractivity contribution in [1.29, 1.82) is 0 Å². The van der Waals surface area contributed by atoms with E-state index in [-0.39, 0.29) is 12.2 Å². The maximum absolute atomic E-state index is 13.0. The van der Waals surface area contributed by atoms with Crippen LogP contribution in [0.1, 0.15) is 12.8 Å². The van der Waals surface area contributed by atoms with Gasteiger partial charge < -0.3 is 10.4 Å². The summed E-state index contributed by atoms with van der Waals surface area (Å²) >= 11 is 0. The Hall–Kier alpha value is -2.02. The van der Waals surface area contributed by atoms with Crippen molar-refractivity contribution in [3.63, 3.8) is 0 Å². The molecule has 1 fully saturated rings. The lowest BCUT2D eigenvalue weighted by Crippen LogP contribution is -2.40. The van der Waals surface area contributed by atoms with Gasteiger partial charge in [-0.2, -0.15) is 0 Å². The zero-order valence-corrected chi connectivity index (χ0v) is 10.6. The maximum atomic E-state index is 13.0. The van der Waals surface area contributed by atoms with Crippen LogP contribution in [0.5, 0.6) is 0 Å². The Bertz CT molecular complexity index is 536. The number of carboxylic acids is 1. The number of carbonyl (C=O) groups is 2. The van der Waals surface area contributed by atoms with Crippen LogP contribution >= 0.6 is 0 Å². The molecule has 7 heteroatoms. The number of nitrogens with zero attached hydrogens (tertiary/aromatic N) is 1. The number of nitrogens with one attached hydrogen (secondary N) is 1. The van der Waals surface area contributed by atoms with Gasteiger partial charge in [-0.05, 0) is 31.5 Å². The highest BCUT2D eigenvalue weighted by molar-refractivity contribution is 5.92. The van der Waals surface area contributed by atoms with Gasteiger partial charge in [-0.3, -0.25) is 14.5 Å². The van der Waals surface area contributed by atoms with E-state index < -0.39 is 29.6 Å². The molecule has 0 aliphatic carbocycles. The van der Waals surface area contributed by atoms with E-state index in [1.807, 2.05) is 0 Å².